The van der Waals surface area contributed by atoms with Gasteiger partial charge in [-0.15, -0.1) is 0 Å². The molecule has 1 aromatic rings. The third-order valence-corrected chi connectivity index (χ3v) is 3.41. The highest BCUT2D eigenvalue weighted by atomic mass is 19.1. The lowest BCUT2D eigenvalue weighted by molar-refractivity contribution is 0.118. The van der Waals surface area contributed by atoms with E-state index < -0.39 is 5.82 Å². The van der Waals surface area contributed by atoms with Crippen LogP contribution in [-0.4, -0.2) is 22.6 Å². The summed E-state index contributed by atoms with van der Waals surface area (Å²) in [6.07, 6.45) is 6.54. The topological polar surface area (TPSA) is 47.0 Å². The predicted octanol–water partition coefficient (Wildman–Crippen LogP) is 3.40. The zero-order valence-corrected chi connectivity index (χ0v) is 11.7. The van der Waals surface area contributed by atoms with Crippen LogP contribution in [0.1, 0.15) is 46.0 Å². The number of aromatic nitrogens is 2. The Bertz CT molecular complexity index is 414. The Morgan fingerprint density at radius 1 is 1.47 bits per heavy atom. The van der Waals surface area contributed by atoms with Gasteiger partial charge in [0.15, 0.2) is 0 Å². The van der Waals surface area contributed by atoms with Crippen molar-refractivity contribution in [3.05, 3.63) is 12.0 Å². The molecule has 19 heavy (non-hydrogen) atoms. The maximum atomic E-state index is 13.7. The molecule has 1 N–H and O–H groups in total. The highest BCUT2D eigenvalue weighted by molar-refractivity contribution is 5.28. The van der Waals surface area contributed by atoms with Crippen LogP contribution in [0.3, 0.4) is 0 Å². The van der Waals surface area contributed by atoms with E-state index in [9.17, 15) is 4.39 Å². The molecule has 1 heterocycles. The zero-order chi connectivity index (χ0) is 13.7. The molecule has 2 unspecified atom stereocenters. The number of nitrogens with one attached hydrogen (secondary N) is 1. The molecule has 1 fully saturated rings. The van der Waals surface area contributed by atoms with E-state index in [2.05, 4.69) is 29.1 Å². The quantitative estimate of drug-likeness (QED) is 0.888. The second kappa shape index (κ2) is 6.68. The van der Waals surface area contributed by atoms with E-state index >= 15 is 0 Å². The minimum Gasteiger partial charge on any atom is -0.472 e. The van der Waals surface area contributed by atoms with Gasteiger partial charge in [-0.2, -0.15) is 9.37 Å². The number of ether oxygens (including phenoxy) is 1. The highest BCUT2D eigenvalue weighted by Crippen LogP contribution is 2.27. The maximum Gasteiger partial charge on any atom is 0.255 e. The smallest absolute Gasteiger partial charge is 0.255 e. The first-order valence-corrected chi connectivity index (χ1v) is 7.12. The molecular weight excluding hydrogens is 245 g/mol. The van der Waals surface area contributed by atoms with Gasteiger partial charge in [-0.25, -0.2) is 4.98 Å². The van der Waals surface area contributed by atoms with Crippen molar-refractivity contribution in [2.24, 2.45) is 5.92 Å². The van der Waals surface area contributed by atoms with Gasteiger partial charge in [0, 0.05) is 6.54 Å². The van der Waals surface area contributed by atoms with Crippen molar-refractivity contribution in [3.63, 3.8) is 0 Å². The predicted molar refractivity (Wildman–Crippen MR) is 72.8 cm³/mol. The number of anilines is 1. The lowest BCUT2D eigenvalue weighted by Gasteiger charge is -2.27. The molecule has 1 aromatic heterocycles. The van der Waals surface area contributed by atoms with Crippen molar-refractivity contribution in [2.45, 2.75) is 52.1 Å². The Balaban J connectivity index is 2.01. The second-order valence-electron chi connectivity index (χ2n) is 5.29. The van der Waals surface area contributed by atoms with Crippen molar-refractivity contribution in [3.8, 4) is 5.88 Å². The van der Waals surface area contributed by atoms with Crippen molar-refractivity contribution in [1.82, 2.24) is 9.97 Å². The van der Waals surface area contributed by atoms with Crippen LogP contribution in [0.4, 0.5) is 10.3 Å². The highest BCUT2D eigenvalue weighted by Gasteiger charge is 2.22. The minimum atomic E-state index is -0.486. The van der Waals surface area contributed by atoms with Crippen LogP contribution >= 0.6 is 0 Å². The van der Waals surface area contributed by atoms with Crippen LogP contribution in [0.25, 0.3) is 0 Å². The Hall–Kier alpha value is -1.39. The zero-order valence-electron chi connectivity index (χ0n) is 11.7. The van der Waals surface area contributed by atoms with E-state index in [1.807, 2.05) is 0 Å². The van der Waals surface area contributed by atoms with E-state index in [0.717, 1.165) is 32.2 Å². The Kier molecular flexibility index (Phi) is 4.93. The molecule has 2 atom stereocenters. The van der Waals surface area contributed by atoms with Crippen LogP contribution in [0.5, 0.6) is 5.88 Å². The molecule has 5 heteroatoms. The first-order chi connectivity index (χ1) is 9.19. The standard InChI is InChI=1S/C14H22FN3O/c1-3-7-16-14-17-9-12(15)13(18-14)19-11-6-4-5-10(2)8-11/h9-11H,3-8H2,1-2H3,(H,16,17,18). The summed E-state index contributed by atoms with van der Waals surface area (Å²) >= 11 is 0. The largest absolute Gasteiger partial charge is 0.472 e. The fourth-order valence-corrected chi connectivity index (χ4v) is 2.40. The van der Waals surface area contributed by atoms with E-state index in [4.69, 9.17) is 4.74 Å². The molecule has 0 aromatic carbocycles. The monoisotopic (exact) mass is 267 g/mol. The molecule has 1 saturated carbocycles. The molecule has 1 aliphatic rings. The first-order valence-electron chi connectivity index (χ1n) is 7.12. The molecule has 0 bridgehead atoms. The average Bonchev–Trinajstić information content (AvgIpc) is 2.40. The SMILES string of the molecule is CCCNc1ncc(F)c(OC2CCCC(C)C2)n1. The van der Waals surface area contributed by atoms with Gasteiger partial charge in [-0.3, -0.25) is 0 Å². The molecule has 0 saturated heterocycles. The Labute approximate surface area is 113 Å². The number of nitrogens with zero attached hydrogens (tertiary/aromatic N) is 2. The number of halogens is 1. The molecule has 1 aliphatic carbocycles. The van der Waals surface area contributed by atoms with Gasteiger partial charge in [0.25, 0.3) is 5.88 Å². The van der Waals surface area contributed by atoms with Gasteiger partial charge in [0.05, 0.1) is 6.20 Å². The summed E-state index contributed by atoms with van der Waals surface area (Å²) in [4.78, 5) is 8.02. The van der Waals surface area contributed by atoms with Gasteiger partial charge in [0.1, 0.15) is 6.10 Å². The molecule has 0 aliphatic heterocycles. The number of hydrogen-bond donors (Lipinski definition) is 1. The molecule has 0 spiro atoms. The lowest BCUT2D eigenvalue weighted by Crippen LogP contribution is -2.25. The average molecular weight is 267 g/mol. The van der Waals surface area contributed by atoms with Crippen molar-refractivity contribution in [1.29, 1.82) is 0 Å². The van der Waals surface area contributed by atoms with Crippen LogP contribution in [0.15, 0.2) is 6.20 Å². The normalized spacial score (nSPS) is 23.1. The molecule has 106 valence electrons. The molecular formula is C14H22FN3O. The van der Waals surface area contributed by atoms with E-state index in [0.29, 0.717) is 11.9 Å². The summed E-state index contributed by atoms with van der Waals surface area (Å²) in [6.45, 7) is 5.03. The summed E-state index contributed by atoms with van der Waals surface area (Å²) in [5, 5.41) is 3.04. The van der Waals surface area contributed by atoms with Gasteiger partial charge in [0.2, 0.25) is 11.8 Å². The maximum absolute atomic E-state index is 13.7. The summed E-state index contributed by atoms with van der Waals surface area (Å²) in [5.41, 5.74) is 0. The second-order valence-corrected chi connectivity index (χ2v) is 5.29. The van der Waals surface area contributed by atoms with Gasteiger partial charge < -0.3 is 10.1 Å². The molecule has 0 amide bonds. The Morgan fingerprint density at radius 3 is 3.05 bits per heavy atom. The summed E-state index contributed by atoms with van der Waals surface area (Å²) in [7, 11) is 0. The van der Waals surface area contributed by atoms with Crippen molar-refractivity contribution >= 4 is 5.95 Å². The van der Waals surface area contributed by atoms with Crippen LogP contribution in [-0.2, 0) is 0 Å². The Morgan fingerprint density at radius 2 is 2.32 bits per heavy atom. The van der Waals surface area contributed by atoms with Crippen LogP contribution in [0.2, 0.25) is 0 Å². The number of hydrogen-bond acceptors (Lipinski definition) is 4. The first kappa shape index (κ1) is 14.0. The van der Waals surface area contributed by atoms with Gasteiger partial charge in [-0.1, -0.05) is 20.3 Å². The minimum absolute atomic E-state index is 0.0761. The van der Waals surface area contributed by atoms with Crippen molar-refractivity contribution < 1.29 is 9.13 Å². The summed E-state index contributed by atoms with van der Waals surface area (Å²) in [5.74, 6) is 0.663. The lowest BCUT2D eigenvalue weighted by atomic mass is 9.89. The van der Waals surface area contributed by atoms with Crippen LogP contribution in [0, 0.1) is 11.7 Å². The van der Waals surface area contributed by atoms with Gasteiger partial charge >= 0.3 is 0 Å². The third-order valence-electron chi connectivity index (χ3n) is 3.41. The van der Waals surface area contributed by atoms with Crippen LogP contribution < -0.4 is 10.1 Å². The fourth-order valence-electron chi connectivity index (χ4n) is 2.40. The third kappa shape index (κ3) is 4.04. The molecule has 4 nitrogen and oxygen atoms in total. The van der Waals surface area contributed by atoms with Gasteiger partial charge in [-0.05, 0) is 31.6 Å². The fraction of sp³-hybridized carbons (Fsp3) is 0.714. The molecule has 2 rings (SSSR count). The summed E-state index contributed by atoms with van der Waals surface area (Å²) < 4.78 is 19.4. The summed E-state index contributed by atoms with van der Waals surface area (Å²) in [6, 6.07) is 0. The van der Waals surface area contributed by atoms with E-state index in [1.54, 1.807) is 0 Å². The molecule has 0 radical (unpaired) electrons. The number of rotatable bonds is 5. The van der Waals surface area contributed by atoms with E-state index in [-0.39, 0.29) is 12.0 Å². The van der Waals surface area contributed by atoms with Crippen molar-refractivity contribution in [2.75, 3.05) is 11.9 Å². The van der Waals surface area contributed by atoms with E-state index in [1.165, 1.54) is 12.6 Å².